The molecule has 1 aromatic carbocycles. The number of aromatic hydroxyl groups is 1. The molecule has 0 saturated carbocycles. The van der Waals surface area contributed by atoms with Gasteiger partial charge in [0.05, 0.1) is 17.7 Å². The van der Waals surface area contributed by atoms with E-state index in [2.05, 4.69) is 4.74 Å². The van der Waals surface area contributed by atoms with Crippen LogP contribution >= 0.6 is 11.6 Å². The minimum absolute atomic E-state index is 0.0673. The Bertz CT molecular complexity index is 347. The van der Waals surface area contributed by atoms with Gasteiger partial charge in [-0.3, -0.25) is 0 Å². The number of hydrogen-bond acceptors (Lipinski definition) is 3. The maximum absolute atomic E-state index is 11.1. The van der Waals surface area contributed by atoms with E-state index in [9.17, 15) is 9.90 Å². The smallest absolute Gasteiger partial charge is 0.339 e. The van der Waals surface area contributed by atoms with Crippen molar-refractivity contribution in [2.24, 2.45) is 0 Å². The zero-order valence-corrected chi connectivity index (χ0v) is 8.05. The second-order valence-corrected chi connectivity index (χ2v) is 2.94. The van der Waals surface area contributed by atoms with Crippen LogP contribution in [-0.4, -0.2) is 18.2 Å². The van der Waals surface area contributed by atoms with Crippen molar-refractivity contribution in [3.05, 3.63) is 28.3 Å². The molecule has 0 radical (unpaired) electrons. The zero-order valence-electron chi connectivity index (χ0n) is 7.30. The zero-order chi connectivity index (χ0) is 10.0. The van der Waals surface area contributed by atoms with Gasteiger partial charge in [0.15, 0.2) is 0 Å². The largest absolute Gasteiger partial charge is 0.508 e. The van der Waals surface area contributed by atoms with E-state index >= 15 is 0 Å². The number of carbonyl (C=O) groups is 1. The molecule has 0 bridgehead atoms. The number of phenols is 1. The molecule has 1 N–H and O–H groups in total. The van der Waals surface area contributed by atoms with Crippen LogP contribution in [0.15, 0.2) is 12.1 Å². The molecule has 70 valence electrons. The molecular formula is C9H9ClO3. The third-order valence-corrected chi connectivity index (χ3v) is 2.25. The number of esters is 1. The first-order valence-corrected chi connectivity index (χ1v) is 4.02. The molecule has 0 aliphatic heterocycles. The quantitative estimate of drug-likeness (QED) is 0.707. The van der Waals surface area contributed by atoms with Crippen LogP contribution in [0.25, 0.3) is 0 Å². The molecule has 0 saturated heterocycles. The molecule has 0 aromatic heterocycles. The summed E-state index contributed by atoms with van der Waals surface area (Å²) >= 11 is 5.81. The van der Waals surface area contributed by atoms with Crippen molar-refractivity contribution in [3.63, 3.8) is 0 Å². The van der Waals surface area contributed by atoms with Gasteiger partial charge in [0.25, 0.3) is 0 Å². The Morgan fingerprint density at radius 1 is 1.54 bits per heavy atom. The number of phenolic OH excluding ortho intramolecular Hbond substituents is 1. The number of halogens is 1. The summed E-state index contributed by atoms with van der Waals surface area (Å²) in [6, 6.07) is 2.84. The highest BCUT2D eigenvalue weighted by Crippen LogP contribution is 2.28. The molecule has 0 spiro atoms. The van der Waals surface area contributed by atoms with Gasteiger partial charge in [0.2, 0.25) is 0 Å². The van der Waals surface area contributed by atoms with Crippen molar-refractivity contribution in [3.8, 4) is 5.75 Å². The Hall–Kier alpha value is -1.22. The van der Waals surface area contributed by atoms with Crippen LogP contribution in [0.2, 0.25) is 5.02 Å². The number of benzene rings is 1. The lowest BCUT2D eigenvalue weighted by Crippen LogP contribution is -2.02. The lowest BCUT2D eigenvalue weighted by molar-refractivity contribution is 0.0601. The van der Waals surface area contributed by atoms with E-state index in [1.807, 2.05) is 0 Å². The fourth-order valence-corrected chi connectivity index (χ4v) is 1.18. The molecule has 0 aliphatic carbocycles. The highest BCUT2D eigenvalue weighted by Gasteiger charge is 2.13. The number of ether oxygens (including phenoxy) is 1. The predicted molar refractivity (Wildman–Crippen MR) is 49.2 cm³/mol. The van der Waals surface area contributed by atoms with Crippen LogP contribution in [0, 0.1) is 6.92 Å². The number of rotatable bonds is 1. The van der Waals surface area contributed by atoms with Crippen LogP contribution in [0.3, 0.4) is 0 Å². The molecule has 0 fully saturated rings. The fraction of sp³-hybridized carbons (Fsp3) is 0.222. The van der Waals surface area contributed by atoms with Crippen LogP contribution in [0.1, 0.15) is 15.9 Å². The van der Waals surface area contributed by atoms with Gasteiger partial charge in [0.1, 0.15) is 5.75 Å². The highest BCUT2D eigenvalue weighted by atomic mass is 35.5. The normalized spacial score (nSPS) is 9.77. The Morgan fingerprint density at radius 2 is 2.15 bits per heavy atom. The molecule has 13 heavy (non-hydrogen) atoms. The van der Waals surface area contributed by atoms with Crippen LogP contribution in [0.4, 0.5) is 0 Å². The molecule has 4 heteroatoms. The van der Waals surface area contributed by atoms with Crippen LogP contribution in [-0.2, 0) is 4.74 Å². The van der Waals surface area contributed by atoms with E-state index in [-0.39, 0.29) is 16.3 Å². The van der Waals surface area contributed by atoms with Crippen molar-refractivity contribution in [1.82, 2.24) is 0 Å². The van der Waals surface area contributed by atoms with Gasteiger partial charge in [-0.1, -0.05) is 11.6 Å². The van der Waals surface area contributed by atoms with E-state index in [1.54, 1.807) is 6.92 Å². The van der Waals surface area contributed by atoms with Crippen molar-refractivity contribution >= 4 is 17.6 Å². The van der Waals surface area contributed by atoms with Crippen molar-refractivity contribution < 1.29 is 14.6 Å². The summed E-state index contributed by atoms with van der Waals surface area (Å²) in [6.07, 6.45) is 0. The van der Waals surface area contributed by atoms with Crippen LogP contribution in [0.5, 0.6) is 5.75 Å². The third kappa shape index (κ3) is 1.75. The maximum Gasteiger partial charge on any atom is 0.339 e. The summed E-state index contributed by atoms with van der Waals surface area (Å²) in [5.41, 5.74) is 0.740. The SMILES string of the molecule is COC(=O)c1ccc(O)c(C)c1Cl. The summed E-state index contributed by atoms with van der Waals surface area (Å²) in [6.45, 7) is 1.63. The minimum atomic E-state index is -0.506. The lowest BCUT2D eigenvalue weighted by atomic mass is 10.1. The van der Waals surface area contributed by atoms with Crippen molar-refractivity contribution in [2.75, 3.05) is 7.11 Å². The number of methoxy groups -OCH3 is 1. The van der Waals surface area contributed by atoms with E-state index in [1.165, 1.54) is 19.2 Å². The summed E-state index contributed by atoms with van der Waals surface area (Å²) in [5, 5.41) is 9.47. The summed E-state index contributed by atoms with van der Waals surface area (Å²) < 4.78 is 4.51. The molecule has 0 unspecified atom stereocenters. The highest BCUT2D eigenvalue weighted by molar-refractivity contribution is 6.34. The van der Waals surface area contributed by atoms with Gasteiger partial charge in [-0.15, -0.1) is 0 Å². The van der Waals surface area contributed by atoms with Gasteiger partial charge in [-0.2, -0.15) is 0 Å². The Kier molecular flexibility index (Phi) is 2.78. The van der Waals surface area contributed by atoms with Gasteiger partial charge in [-0.05, 0) is 19.1 Å². The first-order chi connectivity index (χ1) is 6.07. The predicted octanol–water partition coefficient (Wildman–Crippen LogP) is 2.14. The summed E-state index contributed by atoms with van der Waals surface area (Å²) in [4.78, 5) is 11.1. The minimum Gasteiger partial charge on any atom is -0.508 e. The fourth-order valence-electron chi connectivity index (χ4n) is 0.942. The van der Waals surface area contributed by atoms with Crippen LogP contribution < -0.4 is 0 Å². The second kappa shape index (κ2) is 3.66. The summed E-state index contributed by atoms with van der Waals surface area (Å²) in [7, 11) is 1.28. The molecule has 0 atom stereocenters. The van der Waals surface area contributed by atoms with Gasteiger partial charge in [0, 0.05) is 5.56 Å². The van der Waals surface area contributed by atoms with Crippen molar-refractivity contribution in [1.29, 1.82) is 0 Å². The third-order valence-electron chi connectivity index (χ3n) is 1.76. The number of carbonyl (C=O) groups excluding carboxylic acids is 1. The van der Waals surface area contributed by atoms with Gasteiger partial charge < -0.3 is 9.84 Å². The average Bonchev–Trinajstić information content (AvgIpc) is 2.13. The molecule has 0 heterocycles. The Labute approximate surface area is 80.9 Å². The topological polar surface area (TPSA) is 46.5 Å². The Morgan fingerprint density at radius 3 is 2.69 bits per heavy atom. The average molecular weight is 201 g/mol. The maximum atomic E-state index is 11.1. The molecule has 1 aromatic rings. The molecule has 0 aliphatic rings. The monoisotopic (exact) mass is 200 g/mol. The number of hydrogen-bond donors (Lipinski definition) is 1. The lowest BCUT2D eigenvalue weighted by Gasteiger charge is -2.05. The van der Waals surface area contributed by atoms with Gasteiger partial charge >= 0.3 is 5.97 Å². The van der Waals surface area contributed by atoms with E-state index in [0.717, 1.165) is 0 Å². The Balaban J connectivity index is 3.26. The van der Waals surface area contributed by atoms with Gasteiger partial charge in [-0.25, -0.2) is 4.79 Å². The molecule has 1 rings (SSSR count). The van der Waals surface area contributed by atoms with E-state index in [0.29, 0.717) is 5.56 Å². The van der Waals surface area contributed by atoms with Crippen molar-refractivity contribution in [2.45, 2.75) is 6.92 Å². The first-order valence-electron chi connectivity index (χ1n) is 3.64. The van der Waals surface area contributed by atoms with E-state index < -0.39 is 5.97 Å². The molecular weight excluding hydrogens is 192 g/mol. The molecule has 0 amide bonds. The molecule has 3 nitrogen and oxygen atoms in total. The summed E-state index contributed by atoms with van der Waals surface area (Å²) in [5.74, 6) is -0.439. The standard InChI is InChI=1S/C9H9ClO3/c1-5-7(11)4-3-6(8(5)10)9(12)13-2/h3-4,11H,1-2H3. The van der Waals surface area contributed by atoms with E-state index in [4.69, 9.17) is 11.6 Å². The first kappa shape index (κ1) is 9.86. The second-order valence-electron chi connectivity index (χ2n) is 2.56.